The predicted octanol–water partition coefficient (Wildman–Crippen LogP) is 1.49. The summed E-state index contributed by atoms with van der Waals surface area (Å²) >= 11 is 0. The number of nitrogens with zero attached hydrogens (tertiary/aromatic N) is 5. The van der Waals surface area contributed by atoms with Crippen LogP contribution in [0.15, 0.2) is 4.42 Å². The molecule has 0 radical (unpaired) electrons. The van der Waals surface area contributed by atoms with Gasteiger partial charge in [-0.25, -0.2) is 0 Å². The van der Waals surface area contributed by atoms with E-state index in [9.17, 15) is 0 Å². The highest BCUT2D eigenvalue weighted by Gasteiger charge is 2.25. The van der Waals surface area contributed by atoms with Crippen molar-refractivity contribution in [3.05, 3.63) is 17.5 Å². The van der Waals surface area contributed by atoms with Crippen LogP contribution in [0.2, 0.25) is 0 Å². The van der Waals surface area contributed by atoms with Crippen molar-refractivity contribution in [2.45, 2.75) is 51.1 Å². The van der Waals surface area contributed by atoms with Crippen molar-refractivity contribution in [1.29, 1.82) is 0 Å². The van der Waals surface area contributed by atoms with E-state index in [1.807, 2.05) is 0 Å². The van der Waals surface area contributed by atoms with Gasteiger partial charge >= 0.3 is 6.01 Å². The Hall–Kier alpha value is -1.92. The summed E-state index contributed by atoms with van der Waals surface area (Å²) in [7, 11) is 0. The molecule has 7 heteroatoms. The zero-order valence-electron chi connectivity index (χ0n) is 10.7. The summed E-state index contributed by atoms with van der Waals surface area (Å²) in [6.45, 7) is 1.59. The van der Waals surface area contributed by atoms with Gasteiger partial charge in [-0.3, -0.25) is 0 Å². The fraction of sp³-hybridized carbons (Fsp3) is 0.667. The van der Waals surface area contributed by atoms with E-state index < -0.39 is 0 Å². The smallest absolute Gasteiger partial charge is 0.315 e. The number of nitrogens with one attached hydrogen (secondary N) is 1. The van der Waals surface area contributed by atoms with Gasteiger partial charge in [0, 0.05) is 18.9 Å². The Morgan fingerprint density at radius 3 is 2.95 bits per heavy atom. The molecule has 1 fully saturated rings. The first-order valence-electron chi connectivity index (χ1n) is 6.88. The molecule has 0 amide bonds. The quantitative estimate of drug-likeness (QED) is 0.896. The van der Waals surface area contributed by atoms with Crippen molar-refractivity contribution < 1.29 is 4.42 Å². The van der Waals surface area contributed by atoms with Gasteiger partial charge in [0.15, 0.2) is 5.82 Å². The lowest BCUT2D eigenvalue weighted by Crippen LogP contribution is -2.09. The zero-order valence-corrected chi connectivity index (χ0v) is 10.7. The van der Waals surface area contributed by atoms with Crippen LogP contribution in [-0.2, 0) is 19.5 Å². The maximum Gasteiger partial charge on any atom is 0.315 e. The first-order chi connectivity index (χ1) is 9.40. The highest BCUT2D eigenvalue weighted by molar-refractivity contribution is 5.19. The maximum absolute atomic E-state index is 5.61. The summed E-state index contributed by atoms with van der Waals surface area (Å²) in [5, 5.41) is 19.6. The van der Waals surface area contributed by atoms with Crippen LogP contribution >= 0.6 is 0 Å². The minimum absolute atomic E-state index is 0.473. The number of fused-ring (bicyclic) bond motifs is 1. The van der Waals surface area contributed by atoms with Gasteiger partial charge < -0.3 is 14.3 Å². The van der Waals surface area contributed by atoms with Crippen LogP contribution in [0.1, 0.15) is 49.1 Å². The fourth-order valence-corrected chi connectivity index (χ4v) is 2.62. The highest BCUT2D eigenvalue weighted by atomic mass is 16.4. The fourth-order valence-electron chi connectivity index (χ4n) is 2.62. The molecular formula is C12H16N6O. The molecule has 1 aliphatic heterocycles. The van der Waals surface area contributed by atoms with Gasteiger partial charge in [-0.05, 0) is 19.3 Å². The van der Waals surface area contributed by atoms with Gasteiger partial charge in [0.2, 0.25) is 5.89 Å². The number of aromatic nitrogens is 5. The number of aryl methyl sites for hydroxylation is 1. The number of anilines is 1. The Kier molecular flexibility index (Phi) is 2.49. The SMILES string of the molecule is C1CC(c2nnc(NCc3nnc4n3CCC4)o2)C1. The van der Waals surface area contributed by atoms with Crippen molar-refractivity contribution in [1.82, 2.24) is 25.0 Å². The molecule has 2 aromatic heterocycles. The largest absolute Gasteiger partial charge is 0.408 e. The van der Waals surface area contributed by atoms with E-state index in [0.29, 0.717) is 18.5 Å². The molecule has 0 saturated heterocycles. The number of hydrogen-bond acceptors (Lipinski definition) is 6. The summed E-state index contributed by atoms with van der Waals surface area (Å²) < 4.78 is 7.78. The second-order valence-electron chi connectivity index (χ2n) is 5.21. The maximum atomic E-state index is 5.61. The second kappa shape index (κ2) is 4.32. The molecule has 0 unspecified atom stereocenters. The molecule has 1 N–H and O–H groups in total. The monoisotopic (exact) mass is 260 g/mol. The lowest BCUT2D eigenvalue weighted by atomic mass is 9.85. The second-order valence-corrected chi connectivity index (χ2v) is 5.21. The molecule has 100 valence electrons. The summed E-state index contributed by atoms with van der Waals surface area (Å²) in [6, 6.07) is 0.484. The third kappa shape index (κ3) is 1.89. The van der Waals surface area contributed by atoms with Crippen molar-refractivity contribution in [3.63, 3.8) is 0 Å². The van der Waals surface area contributed by atoms with E-state index in [1.165, 1.54) is 19.3 Å². The van der Waals surface area contributed by atoms with E-state index in [1.54, 1.807) is 0 Å². The van der Waals surface area contributed by atoms with Crippen LogP contribution in [0.5, 0.6) is 0 Å². The Balaban J connectivity index is 1.42. The molecule has 2 aliphatic rings. The van der Waals surface area contributed by atoms with Crippen molar-refractivity contribution in [2.75, 3.05) is 5.32 Å². The van der Waals surface area contributed by atoms with E-state index in [0.717, 1.165) is 36.9 Å². The zero-order chi connectivity index (χ0) is 12.7. The van der Waals surface area contributed by atoms with E-state index in [4.69, 9.17) is 4.42 Å². The summed E-state index contributed by atoms with van der Waals surface area (Å²) in [4.78, 5) is 0. The summed E-state index contributed by atoms with van der Waals surface area (Å²) in [5.74, 6) is 3.26. The Labute approximate surface area is 110 Å². The van der Waals surface area contributed by atoms with E-state index in [-0.39, 0.29) is 0 Å². The molecule has 0 spiro atoms. The van der Waals surface area contributed by atoms with Crippen LogP contribution in [0.4, 0.5) is 6.01 Å². The minimum atomic E-state index is 0.473. The number of hydrogen-bond donors (Lipinski definition) is 1. The standard InChI is InChI=1S/C12H16N6O/c1-3-8(4-1)11-16-17-12(19-11)13-7-10-15-14-9-5-2-6-18(9)10/h8H,1-7H2,(H,13,17). The molecule has 0 atom stereocenters. The molecule has 0 aromatic carbocycles. The lowest BCUT2D eigenvalue weighted by Gasteiger charge is -2.20. The van der Waals surface area contributed by atoms with Crippen molar-refractivity contribution in [2.24, 2.45) is 0 Å². The summed E-state index contributed by atoms with van der Waals surface area (Å²) in [6.07, 6.45) is 5.78. The molecule has 4 rings (SSSR count). The molecule has 2 aromatic rings. The summed E-state index contributed by atoms with van der Waals surface area (Å²) in [5.41, 5.74) is 0. The molecular weight excluding hydrogens is 244 g/mol. The van der Waals surface area contributed by atoms with Gasteiger partial charge in [0.05, 0.1) is 6.54 Å². The van der Waals surface area contributed by atoms with Gasteiger partial charge in [0.25, 0.3) is 0 Å². The highest BCUT2D eigenvalue weighted by Crippen LogP contribution is 2.35. The molecule has 3 heterocycles. The van der Waals surface area contributed by atoms with Crippen LogP contribution < -0.4 is 5.32 Å². The van der Waals surface area contributed by atoms with Crippen molar-refractivity contribution >= 4 is 6.01 Å². The molecule has 0 bridgehead atoms. The molecule has 7 nitrogen and oxygen atoms in total. The van der Waals surface area contributed by atoms with Crippen LogP contribution in [0.25, 0.3) is 0 Å². The third-order valence-electron chi connectivity index (χ3n) is 3.98. The predicted molar refractivity (Wildman–Crippen MR) is 66.6 cm³/mol. The van der Waals surface area contributed by atoms with E-state index in [2.05, 4.69) is 30.3 Å². The Morgan fingerprint density at radius 2 is 2.11 bits per heavy atom. The van der Waals surface area contributed by atoms with Gasteiger partial charge in [0.1, 0.15) is 5.82 Å². The Morgan fingerprint density at radius 1 is 1.16 bits per heavy atom. The first-order valence-corrected chi connectivity index (χ1v) is 6.88. The molecule has 19 heavy (non-hydrogen) atoms. The van der Waals surface area contributed by atoms with Crippen LogP contribution in [0.3, 0.4) is 0 Å². The Bertz CT molecular complexity index is 585. The number of rotatable bonds is 4. The lowest BCUT2D eigenvalue weighted by molar-refractivity contribution is 0.338. The van der Waals surface area contributed by atoms with Crippen LogP contribution in [-0.4, -0.2) is 25.0 Å². The van der Waals surface area contributed by atoms with Crippen molar-refractivity contribution in [3.8, 4) is 0 Å². The molecule has 1 aliphatic carbocycles. The molecule has 1 saturated carbocycles. The van der Waals surface area contributed by atoms with Gasteiger partial charge in [-0.1, -0.05) is 11.5 Å². The van der Waals surface area contributed by atoms with Crippen LogP contribution in [0, 0.1) is 0 Å². The topological polar surface area (TPSA) is 81.7 Å². The third-order valence-corrected chi connectivity index (χ3v) is 3.98. The average Bonchev–Trinajstić information content (AvgIpc) is 2.99. The van der Waals surface area contributed by atoms with Gasteiger partial charge in [-0.2, -0.15) is 0 Å². The normalized spacial score (nSPS) is 18.3. The average molecular weight is 260 g/mol. The van der Waals surface area contributed by atoms with E-state index >= 15 is 0 Å². The van der Waals surface area contributed by atoms with Gasteiger partial charge in [-0.15, -0.1) is 15.3 Å². The minimum Gasteiger partial charge on any atom is -0.408 e. The first kappa shape index (κ1) is 11.0.